The molecule has 0 radical (unpaired) electrons. The summed E-state index contributed by atoms with van der Waals surface area (Å²) < 4.78 is 0. The van der Waals surface area contributed by atoms with Crippen LogP contribution in [-0.2, 0) is 4.79 Å². The third-order valence-corrected chi connectivity index (χ3v) is 4.18. The highest BCUT2D eigenvalue weighted by atomic mass is 16.2. The lowest BCUT2D eigenvalue weighted by atomic mass is 10.1. The molecule has 2 heterocycles. The third kappa shape index (κ3) is 3.84. The standard InChI is InChI=1S/C15H26N2O/c1-2-14-12-15(18)17(13-14)11-7-10-16-8-5-3-4-6-9-16/h2,14H,1,3-13H2. The minimum Gasteiger partial charge on any atom is -0.342 e. The summed E-state index contributed by atoms with van der Waals surface area (Å²) >= 11 is 0. The van der Waals surface area contributed by atoms with Gasteiger partial charge in [0.05, 0.1) is 0 Å². The zero-order chi connectivity index (χ0) is 12.8. The monoisotopic (exact) mass is 250 g/mol. The first-order chi connectivity index (χ1) is 8.79. The molecule has 0 saturated carbocycles. The highest BCUT2D eigenvalue weighted by molar-refractivity contribution is 5.78. The lowest BCUT2D eigenvalue weighted by Crippen LogP contribution is -2.31. The molecule has 0 aromatic rings. The predicted molar refractivity (Wildman–Crippen MR) is 74.4 cm³/mol. The highest BCUT2D eigenvalue weighted by Crippen LogP contribution is 2.18. The average Bonchev–Trinajstić information content (AvgIpc) is 2.58. The predicted octanol–water partition coefficient (Wildman–Crippen LogP) is 2.29. The van der Waals surface area contributed by atoms with Crippen molar-refractivity contribution in [2.75, 3.05) is 32.7 Å². The van der Waals surface area contributed by atoms with Gasteiger partial charge in [0.25, 0.3) is 0 Å². The van der Waals surface area contributed by atoms with Crippen LogP contribution in [-0.4, -0.2) is 48.4 Å². The van der Waals surface area contributed by atoms with Gasteiger partial charge < -0.3 is 9.80 Å². The molecule has 1 unspecified atom stereocenters. The van der Waals surface area contributed by atoms with Crippen LogP contribution in [0.2, 0.25) is 0 Å². The van der Waals surface area contributed by atoms with E-state index in [0.29, 0.717) is 18.2 Å². The van der Waals surface area contributed by atoms with Crippen LogP contribution in [0.15, 0.2) is 12.7 Å². The van der Waals surface area contributed by atoms with E-state index in [2.05, 4.69) is 11.5 Å². The Morgan fingerprint density at radius 1 is 1.17 bits per heavy atom. The first kappa shape index (κ1) is 13.6. The molecule has 102 valence electrons. The van der Waals surface area contributed by atoms with Crippen molar-refractivity contribution in [2.45, 2.75) is 38.5 Å². The van der Waals surface area contributed by atoms with Gasteiger partial charge in [-0.1, -0.05) is 18.9 Å². The third-order valence-electron chi connectivity index (χ3n) is 4.18. The molecule has 2 aliphatic rings. The molecule has 1 atom stereocenters. The van der Waals surface area contributed by atoms with Gasteiger partial charge in [-0.05, 0) is 38.9 Å². The van der Waals surface area contributed by atoms with Crippen molar-refractivity contribution in [2.24, 2.45) is 5.92 Å². The number of carbonyl (C=O) groups is 1. The molecule has 0 aromatic carbocycles. The summed E-state index contributed by atoms with van der Waals surface area (Å²) in [6.45, 7) is 9.27. The van der Waals surface area contributed by atoms with Crippen LogP contribution in [0.5, 0.6) is 0 Å². The number of likely N-dealkylation sites (tertiary alicyclic amines) is 2. The number of nitrogens with zero attached hydrogens (tertiary/aromatic N) is 2. The molecule has 2 rings (SSSR count). The van der Waals surface area contributed by atoms with Crippen molar-refractivity contribution in [3.05, 3.63) is 12.7 Å². The minimum absolute atomic E-state index is 0.316. The van der Waals surface area contributed by atoms with Crippen molar-refractivity contribution in [3.8, 4) is 0 Å². The van der Waals surface area contributed by atoms with Crippen LogP contribution < -0.4 is 0 Å². The number of hydrogen-bond donors (Lipinski definition) is 0. The lowest BCUT2D eigenvalue weighted by molar-refractivity contribution is -0.127. The summed E-state index contributed by atoms with van der Waals surface area (Å²) in [5.41, 5.74) is 0. The molecule has 3 heteroatoms. The summed E-state index contributed by atoms with van der Waals surface area (Å²) in [7, 11) is 0. The molecule has 2 fully saturated rings. The molecule has 1 amide bonds. The SMILES string of the molecule is C=CC1CC(=O)N(CCCN2CCCCCC2)C1. The molecule has 18 heavy (non-hydrogen) atoms. The molecule has 0 aliphatic carbocycles. The number of carbonyl (C=O) groups excluding carboxylic acids is 1. The zero-order valence-electron chi connectivity index (χ0n) is 11.4. The van der Waals surface area contributed by atoms with Crippen LogP contribution >= 0.6 is 0 Å². The van der Waals surface area contributed by atoms with Gasteiger partial charge in [0.1, 0.15) is 0 Å². The van der Waals surface area contributed by atoms with E-state index in [1.54, 1.807) is 0 Å². The van der Waals surface area contributed by atoms with Gasteiger partial charge in [-0.2, -0.15) is 0 Å². The summed E-state index contributed by atoms with van der Waals surface area (Å²) in [6.07, 6.45) is 9.20. The molecular formula is C15H26N2O. The van der Waals surface area contributed by atoms with Gasteiger partial charge in [-0.3, -0.25) is 4.79 Å². The van der Waals surface area contributed by atoms with E-state index in [1.165, 1.54) is 38.8 Å². The second-order valence-corrected chi connectivity index (χ2v) is 5.65. The average molecular weight is 250 g/mol. The maximum absolute atomic E-state index is 11.7. The Kier molecular flexibility index (Phi) is 5.24. The fourth-order valence-electron chi connectivity index (χ4n) is 3.02. The minimum atomic E-state index is 0.316. The first-order valence-corrected chi connectivity index (χ1v) is 7.42. The summed E-state index contributed by atoms with van der Waals surface area (Å²) in [5, 5.41) is 0. The molecule has 2 aliphatic heterocycles. The summed E-state index contributed by atoms with van der Waals surface area (Å²) in [6, 6.07) is 0. The zero-order valence-corrected chi connectivity index (χ0v) is 11.4. The van der Waals surface area contributed by atoms with Crippen molar-refractivity contribution in [3.63, 3.8) is 0 Å². The number of amides is 1. The molecule has 0 bridgehead atoms. The Morgan fingerprint density at radius 2 is 1.89 bits per heavy atom. The lowest BCUT2D eigenvalue weighted by Gasteiger charge is -2.22. The van der Waals surface area contributed by atoms with E-state index < -0.39 is 0 Å². The molecule has 0 N–H and O–H groups in total. The molecule has 0 spiro atoms. The fourth-order valence-corrected chi connectivity index (χ4v) is 3.02. The van der Waals surface area contributed by atoms with Crippen LogP contribution in [0, 0.1) is 5.92 Å². The Bertz CT molecular complexity index is 282. The van der Waals surface area contributed by atoms with Gasteiger partial charge >= 0.3 is 0 Å². The van der Waals surface area contributed by atoms with Gasteiger partial charge in [0.15, 0.2) is 0 Å². The van der Waals surface area contributed by atoms with Gasteiger partial charge in [0.2, 0.25) is 5.91 Å². The smallest absolute Gasteiger partial charge is 0.223 e. The maximum atomic E-state index is 11.7. The molecule has 0 aromatic heterocycles. The highest BCUT2D eigenvalue weighted by Gasteiger charge is 2.26. The van der Waals surface area contributed by atoms with Crippen LogP contribution in [0.4, 0.5) is 0 Å². The van der Waals surface area contributed by atoms with E-state index in [1.807, 2.05) is 11.0 Å². The van der Waals surface area contributed by atoms with Crippen LogP contribution in [0.25, 0.3) is 0 Å². The van der Waals surface area contributed by atoms with E-state index >= 15 is 0 Å². The fraction of sp³-hybridized carbons (Fsp3) is 0.800. The Balaban J connectivity index is 1.65. The second kappa shape index (κ2) is 6.93. The van der Waals surface area contributed by atoms with E-state index in [9.17, 15) is 4.79 Å². The Morgan fingerprint density at radius 3 is 2.50 bits per heavy atom. The van der Waals surface area contributed by atoms with E-state index in [0.717, 1.165) is 26.1 Å². The quantitative estimate of drug-likeness (QED) is 0.699. The number of rotatable bonds is 5. The summed E-state index contributed by atoms with van der Waals surface area (Å²) in [5.74, 6) is 0.700. The van der Waals surface area contributed by atoms with Crippen molar-refractivity contribution < 1.29 is 4.79 Å². The van der Waals surface area contributed by atoms with Crippen molar-refractivity contribution in [1.82, 2.24) is 9.80 Å². The molecule has 2 saturated heterocycles. The molecular weight excluding hydrogens is 224 g/mol. The Hall–Kier alpha value is -0.830. The number of hydrogen-bond acceptors (Lipinski definition) is 2. The van der Waals surface area contributed by atoms with E-state index in [-0.39, 0.29) is 0 Å². The van der Waals surface area contributed by atoms with Gasteiger partial charge in [-0.15, -0.1) is 6.58 Å². The van der Waals surface area contributed by atoms with E-state index in [4.69, 9.17) is 0 Å². The second-order valence-electron chi connectivity index (χ2n) is 5.65. The normalized spacial score (nSPS) is 26.3. The topological polar surface area (TPSA) is 23.6 Å². The first-order valence-electron chi connectivity index (χ1n) is 7.42. The van der Waals surface area contributed by atoms with Crippen LogP contribution in [0.1, 0.15) is 38.5 Å². The van der Waals surface area contributed by atoms with Gasteiger partial charge in [0, 0.05) is 25.4 Å². The maximum Gasteiger partial charge on any atom is 0.223 e. The van der Waals surface area contributed by atoms with Crippen molar-refractivity contribution >= 4 is 5.91 Å². The van der Waals surface area contributed by atoms with Gasteiger partial charge in [-0.25, -0.2) is 0 Å². The molecule has 3 nitrogen and oxygen atoms in total. The van der Waals surface area contributed by atoms with Crippen molar-refractivity contribution in [1.29, 1.82) is 0 Å². The largest absolute Gasteiger partial charge is 0.342 e. The summed E-state index contributed by atoms with van der Waals surface area (Å²) in [4.78, 5) is 16.3. The van der Waals surface area contributed by atoms with Crippen LogP contribution in [0.3, 0.4) is 0 Å². The Labute approximate surface area is 111 Å².